The third kappa shape index (κ3) is 2.58. The Hall–Kier alpha value is -1.56. The van der Waals surface area contributed by atoms with Crippen LogP contribution in [0.25, 0.3) is 0 Å². The van der Waals surface area contributed by atoms with E-state index in [0.717, 1.165) is 23.0 Å². The highest BCUT2D eigenvalue weighted by atomic mass is 15.0. The number of nitrogens with one attached hydrogen (secondary N) is 1. The molecule has 0 amide bonds. The second kappa shape index (κ2) is 4.75. The molecule has 1 N–H and O–H groups in total. The maximum Gasteiger partial charge on any atom is 0.103 e. The molecule has 0 saturated heterocycles. The number of hydrogen-bond acceptors (Lipinski definition) is 3. The zero-order valence-electron chi connectivity index (χ0n) is 10.7. The first-order chi connectivity index (χ1) is 8.15. The van der Waals surface area contributed by atoms with Crippen LogP contribution in [0.3, 0.4) is 0 Å². The number of anilines is 1. The maximum absolute atomic E-state index is 9.16. The summed E-state index contributed by atoms with van der Waals surface area (Å²) in [7, 11) is 0. The van der Waals surface area contributed by atoms with Gasteiger partial charge in [-0.15, -0.1) is 0 Å². The first-order valence-corrected chi connectivity index (χ1v) is 6.30. The molecular weight excluding hydrogens is 210 g/mol. The number of nitrogens with zero attached hydrogens (tertiary/aromatic N) is 2. The molecule has 3 heteroatoms. The standard InChI is InChI=1S/C14H19N3/c1-4-5-11-7-13(11)17-14-6-9(2)16-10(3)12(14)8-15/h6,11,13H,4-5,7H2,1-3H3,(H,16,17). The fraction of sp³-hybridized carbons (Fsp3) is 0.571. The molecule has 1 aliphatic rings. The van der Waals surface area contributed by atoms with Crippen molar-refractivity contribution in [2.75, 3.05) is 5.32 Å². The Balaban J connectivity index is 2.14. The SMILES string of the molecule is CCCC1CC1Nc1cc(C)nc(C)c1C#N. The second-order valence-electron chi connectivity index (χ2n) is 4.92. The van der Waals surface area contributed by atoms with E-state index in [2.05, 4.69) is 23.3 Å². The minimum Gasteiger partial charge on any atom is -0.381 e. The van der Waals surface area contributed by atoms with E-state index in [4.69, 9.17) is 5.26 Å². The molecule has 1 heterocycles. The van der Waals surface area contributed by atoms with Crippen LogP contribution in [0.2, 0.25) is 0 Å². The van der Waals surface area contributed by atoms with Crippen molar-refractivity contribution < 1.29 is 0 Å². The van der Waals surface area contributed by atoms with Gasteiger partial charge >= 0.3 is 0 Å². The molecular formula is C14H19N3. The summed E-state index contributed by atoms with van der Waals surface area (Å²) in [4.78, 5) is 4.33. The van der Waals surface area contributed by atoms with Crippen molar-refractivity contribution in [3.63, 3.8) is 0 Å². The number of hydrogen-bond donors (Lipinski definition) is 1. The lowest BCUT2D eigenvalue weighted by Crippen LogP contribution is -2.08. The van der Waals surface area contributed by atoms with Gasteiger partial charge in [0.2, 0.25) is 0 Å². The molecule has 0 aliphatic heterocycles. The minimum absolute atomic E-state index is 0.559. The Morgan fingerprint density at radius 2 is 2.29 bits per heavy atom. The lowest BCUT2D eigenvalue weighted by atomic mass is 10.1. The molecule has 1 aromatic heterocycles. The number of aryl methyl sites for hydroxylation is 2. The van der Waals surface area contributed by atoms with Gasteiger partial charge in [-0.05, 0) is 38.7 Å². The third-order valence-electron chi connectivity index (χ3n) is 3.36. The summed E-state index contributed by atoms with van der Waals surface area (Å²) in [5, 5.41) is 12.7. The summed E-state index contributed by atoms with van der Waals surface area (Å²) in [5.41, 5.74) is 3.44. The number of rotatable bonds is 4. The highest BCUT2D eigenvalue weighted by molar-refractivity contribution is 5.60. The molecule has 2 unspecified atom stereocenters. The van der Waals surface area contributed by atoms with Crippen LogP contribution < -0.4 is 5.32 Å². The smallest absolute Gasteiger partial charge is 0.103 e. The van der Waals surface area contributed by atoms with Crippen LogP contribution in [0.4, 0.5) is 5.69 Å². The van der Waals surface area contributed by atoms with Gasteiger partial charge in [0.1, 0.15) is 6.07 Å². The Bertz CT molecular complexity index is 459. The summed E-state index contributed by atoms with van der Waals surface area (Å²) in [6, 6.07) is 4.78. The van der Waals surface area contributed by atoms with Crippen LogP contribution in [-0.4, -0.2) is 11.0 Å². The van der Waals surface area contributed by atoms with E-state index in [1.165, 1.54) is 19.3 Å². The van der Waals surface area contributed by atoms with Crippen LogP contribution in [0.1, 0.15) is 43.1 Å². The molecule has 1 aromatic rings. The summed E-state index contributed by atoms with van der Waals surface area (Å²) < 4.78 is 0. The predicted molar refractivity (Wildman–Crippen MR) is 68.9 cm³/mol. The van der Waals surface area contributed by atoms with Crippen molar-refractivity contribution in [3.8, 4) is 6.07 Å². The zero-order chi connectivity index (χ0) is 12.4. The average molecular weight is 229 g/mol. The maximum atomic E-state index is 9.16. The fourth-order valence-electron chi connectivity index (χ4n) is 2.40. The van der Waals surface area contributed by atoms with Gasteiger partial charge in [0.15, 0.2) is 0 Å². The monoisotopic (exact) mass is 229 g/mol. The molecule has 17 heavy (non-hydrogen) atoms. The largest absolute Gasteiger partial charge is 0.381 e. The molecule has 2 rings (SSSR count). The minimum atomic E-state index is 0.559. The topological polar surface area (TPSA) is 48.7 Å². The van der Waals surface area contributed by atoms with Crippen molar-refractivity contribution in [1.29, 1.82) is 5.26 Å². The normalized spacial score (nSPS) is 22.0. The lowest BCUT2D eigenvalue weighted by Gasteiger charge is -2.10. The highest BCUT2D eigenvalue weighted by Crippen LogP contribution is 2.38. The molecule has 0 radical (unpaired) electrons. The second-order valence-corrected chi connectivity index (χ2v) is 4.92. The summed E-state index contributed by atoms with van der Waals surface area (Å²) in [5.74, 6) is 0.792. The van der Waals surface area contributed by atoms with Crippen LogP contribution >= 0.6 is 0 Å². The summed E-state index contributed by atoms with van der Waals surface area (Å²) in [6.07, 6.45) is 3.75. The van der Waals surface area contributed by atoms with Crippen molar-refractivity contribution >= 4 is 5.69 Å². The van der Waals surface area contributed by atoms with Crippen molar-refractivity contribution in [2.24, 2.45) is 5.92 Å². The molecule has 2 atom stereocenters. The van der Waals surface area contributed by atoms with E-state index in [9.17, 15) is 0 Å². The Labute approximate surface area is 103 Å². The molecule has 3 nitrogen and oxygen atoms in total. The quantitative estimate of drug-likeness (QED) is 0.862. The Kier molecular flexibility index (Phi) is 3.33. The van der Waals surface area contributed by atoms with Crippen LogP contribution in [-0.2, 0) is 0 Å². The van der Waals surface area contributed by atoms with E-state index in [0.29, 0.717) is 11.6 Å². The average Bonchev–Trinajstić information content (AvgIpc) is 2.96. The van der Waals surface area contributed by atoms with E-state index in [1.54, 1.807) is 0 Å². The number of nitriles is 1. The van der Waals surface area contributed by atoms with E-state index in [-0.39, 0.29) is 0 Å². The van der Waals surface area contributed by atoms with Gasteiger partial charge in [0.05, 0.1) is 16.9 Å². The van der Waals surface area contributed by atoms with E-state index >= 15 is 0 Å². The van der Waals surface area contributed by atoms with Crippen molar-refractivity contribution in [1.82, 2.24) is 4.98 Å². The molecule has 0 spiro atoms. The van der Waals surface area contributed by atoms with Gasteiger partial charge in [-0.3, -0.25) is 4.98 Å². The Morgan fingerprint density at radius 1 is 1.53 bits per heavy atom. The number of aromatic nitrogens is 1. The first kappa shape index (κ1) is 11.9. The molecule has 1 saturated carbocycles. The van der Waals surface area contributed by atoms with Crippen LogP contribution in [0.5, 0.6) is 0 Å². The summed E-state index contributed by atoms with van der Waals surface area (Å²) in [6.45, 7) is 6.08. The van der Waals surface area contributed by atoms with Gasteiger partial charge in [-0.2, -0.15) is 5.26 Å². The van der Waals surface area contributed by atoms with Crippen molar-refractivity contribution in [2.45, 2.75) is 46.1 Å². The van der Waals surface area contributed by atoms with Gasteiger partial charge in [-0.1, -0.05) is 13.3 Å². The van der Waals surface area contributed by atoms with Crippen LogP contribution in [0, 0.1) is 31.1 Å². The van der Waals surface area contributed by atoms with Gasteiger partial charge in [0, 0.05) is 11.7 Å². The summed E-state index contributed by atoms with van der Waals surface area (Å²) >= 11 is 0. The predicted octanol–water partition coefficient (Wildman–Crippen LogP) is 3.17. The Morgan fingerprint density at radius 3 is 2.94 bits per heavy atom. The molecule has 90 valence electrons. The molecule has 0 aromatic carbocycles. The van der Waals surface area contributed by atoms with Crippen molar-refractivity contribution in [3.05, 3.63) is 23.0 Å². The first-order valence-electron chi connectivity index (χ1n) is 6.30. The van der Waals surface area contributed by atoms with Gasteiger partial charge in [-0.25, -0.2) is 0 Å². The highest BCUT2D eigenvalue weighted by Gasteiger charge is 2.36. The zero-order valence-corrected chi connectivity index (χ0v) is 10.7. The number of pyridine rings is 1. The van der Waals surface area contributed by atoms with Crippen LogP contribution in [0.15, 0.2) is 6.07 Å². The van der Waals surface area contributed by atoms with Gasteiger partial charge < -0.3 is 5.32 Å². The van der Waals surface area contributed by atoms with Gasteiger partial charge in [0.25, 0.3) is 0 Å². The molecule has 0 bridgehead atoms. The fourth-order valence-corrected chi connectivity index (χ4v) is 2.40. The van der Waals surface area contributed by atoms with E-state index < -0.39 is 0 Å². The lowest BCUT2D eigenvalue weighted by molar-refractivity contribution is 0.692. The van der Waals surface area contributed by atoms with E-state index in [1.807, 2.05) is 19.9 Å². The molecule has 1 aliphatic carbocycles. The molecule has 1 fully saturated rings. The third-order valence-corrected chi connectivity index (χ3v) is 3.36.